The predicted molar refractivity (Wildman–Crippen MR) is 139 cm³/mol. The van der Waals surface area contributed by atoms with Gasteiger partial charge in [-0.05, 0) is 37.1 Å². The molecule has 0 spiro atoms. The van der Waals surface area contributed by atoms with Crippen molar-refractivity contribution in [2.75, 3.05) is 37.0 Å². The number of piperidine rings is 1. The van der Waals surface area contributed by atoms with Crippen LogP contribution < -0.4 is 20.3 Å². The Bertz CT molecular complexity index is 1390. The molecule has 35 heavy (non-hydrogen) atoms. The zero-order valence-corrected chi connectivity index (χ0v) is 21.0. The highest BCUT2D eigenvalue weighted by molar-refractivity contribution is 6.14. The molecule has 5 rings (SSSR count). The minimum absolute atomic E-state index is 0.221. The Labute approximate surface area is 205 Å². The molecule has 9 heteroatoms. The third-order valence-electron chi connectivity index (χ3n) is 6.91. The van der Waals surface area contributed by atoms with Crippen LogP contribution in [-0.2, 0) is 14.1 Å². The Hall–Kier alpha value is -3.59. The van der Waals surface area contributed by atoms with E-state index in [1.807, 2.05) is 44.7 Å². The van der Waals surface area contributed by atoms with Gasteiger partial charge in [-0.2, -0.15) is 10.2 Å². The summed E-state index contributed by atoms with van der Waals surface area (Å²) in [5, 5.41) is 17.6. The highest BCUT2D eigenvalue weighted by Gasteiger charge is 2.27. The fourth-order valence-corrected chi connectivity index (χ4v) is 5.23. The number of hydrogen-bond donors (Lipinski definition) is 2. The fourth-order valence-electron chi connectivity index (χ4n) is 5.23. The van der Waals surface area contributed by atoms with Gasteiger partial charge >= 0.3 is 0 Å². The number of nitrogens with one attached hydrogen (secondary N) is 2. The molecule has 1 saturated heterocycles. The second-order valence-corrected chi connectivity index (χ2v) is 9.44. The van der Waals surface area contributed by atoms with E-state index < -0.39 is 0 Å². The molecule has 1 aliphatic rings. The van der Waals surface area contributed by atoms with E-state index in [0.29, 0.717) is 34.5 Å². The maximum absolute atomic E-state index is 13.4. The number of carbonyl (C=O) groups excluding carboxylic acids is 1. The van der Waals surface area contributed by atoms with Gasteiger partial charge in [0.1, 0.15) is 11.3 Å². The van der Waals surface area contributed by atoms with E-state index in [2.05, 4.69) is 45.6 Å². The average molecular weight is 476 g/mol. The van der Waals surface area contributed by atoms with Gasteiger partial charge in [-0.1, -0.05) is 13.8 Å². The molecule has 1 fully saturated rings. The van der Waals surface area contributed by atoms with Crippen molar-refractivity contribution in [1.82, 2.24) is 24.9 Å². The van der Waals surface area contributed by atoms with Gasteiger partial charge < -0.3 is 20.3 Å². The lowest BCUT2D eigenvalue weighted by Crippen LogP contribution is -2.48. The van der Waals surface area contributed by atoms with Crippen molar-refractivity contribution >= 4 is 39.1 Å². The molecule has 0 radical (unpaired) electrons. The number of anilines is 2. The molecule has 0 bridgehead atoms. The first kappa shape index (κ1) is 23.2. The van der Waals surface area contributed by atoms with Gasteiger partial charge in [0.2, 0.25) is 0 Å². The van der Waals surface area contributed by atoms with Crippen LogP contribution in [-0.4, -0.2) is 58.3 Å². The minimum atomic E-state index is -0.221. The SMILES string of the molecule is CCNC1CCN(c2ccc(C(=O)Nc3cc4cn(C)nc4cc3OC)c3nn(C)cc23)CC1C. The van der Waals surface area contributed by atoms with Gasteiger partial charge in [0, 0.05) is 68.1 Å². The Balaban J connectivity index is 1.46. The Morgan fingerprint density at radius 2 is 1.97 bits per heavy atom. The van der Waals surface area contributed by atoms with Crippen molar-refractivity contribution in [3.63, 3.8) is 0 Å². The predicted octanol–water partition coefficient (Wildman–Crippen LogP) is 3.55. The molecule has 2 aromatic carbocycles. The van der Waals surface area contributed by atoms with Crippen LogP contribution in [0.5, 0.6) is 5.75 Å². The molecule has 1 aliphatic heterocycles. The summed E-state index contributed by atoms with van der Waals surface area (Å²) < 4.78 is 9.05. The maximum atomic E-state index is 13.4. The van der Waals surface area contributed by atoms with E-state index >= 15 is 0 Å². The highest BCUT2D eigenvalue weighted by Crippen LogP contribution is 2.34. The zero-order chi connectivity index (χ0) is 24.7. The number of hydrogen-bond acceptors (Lipinski definition) is 6. The second kappa shape index (κ2) is 9.22. The molecule has 2 unspecified atom stereocenters. The van der Waals surface area contributed by atoms with Gasteiger partial charge in [0.25, 0.3) is 5.91 Å². The van der Waals surface area contributed by atoms with Crippen molar-refractivity contribution < 1.29 is 9.53 Å². The Morgan fingerprint density at radius 3 is 2.71 bits per heavy atom. The lowest BCUT2D eigenvalue weighted by Gasteiger charge is -2.39. The Kier molecular flexibility index (Phi) is 6.10. The van der Waals surface area contributed by atoms with Crippen molar-refractivity contribution in [1.29, 1.82) is 0 Å². The average Bonchev–Trinajstić information content (AvgIpc) is 3.39. The normalized spacial score (nSPS) is 18.4. The van der Waals surface area contributed by atoms with Crippen molar-refractivity contribution in [3.05, 3.63) is 42.2 Å². The zero-order valence-electron chi connectivity index (χ0n) is 21.0. The van der Waals surface area contributed by atoms with Crippen molar-refractivity contribution in [3.8, 4) is 5.75 Å². The number of nitrogens with zero attached hydrogens (tertiary/aromatic N) is 5. The second-order valence-electron chi connectivity index (χ2n) is 9.44. The Morgan fingerprint density at radius 1 is 1.17 bits per heavy atom. The molecular formula is C26H33N7O2. The van der Waals surface area contributed by atoms with E-state index in [1.165, 1.54) is 0 Å². The van der Waals surface area contributed by atoms with Gasteiger partial charge in [-0.15, -0.1) is 0 Å². The number of carbonyl (C=O) groups is 1. The summed E-state index contributed by atoms with van der Waals surface area (Å²) in [6.45, 7) is 7.39. The molecule has 2 atom stereocenters. The molecule has 184 valence electrons. The first-order chi connectivity index (χ1) is 16.9. The summed E-state index contributed by atoms with van der Waals surface area (Å²) in [6, 6.07) is 8.20. The van der Waals surface area contributed by atoms with Crippen LogP contribution in [0.4, 0.5) is 11.4 Å². The monoisotopic (exact) mass is 475 g/mol. The number of ether oxygens (including phenoxy) is 1. The van der Waals surface area contributed by atoms with E-state index in [1.54, 1.807) is 16.5 Å². The number of amides is 1. The number of aromatic nitrogens is 4. The summed E-state index contributed by atoms with van der Waals surface area (Å²) in [7, 11) is 5.35. The van der Waals surface area contributed by atoms with Crippen LogP contribution in [0.1, 0.15) is 30.6 Å². The van der Waals surface area contributed by atoms with Crippen LogP contribution in [0.15, 0.2) is 36.7 Å². The minimum Gasteiger partial charge on any atom is -0.494 e. The topological polar surface area (TPSA) is 89.2 Å². The van der Waals surface area contributed by atoms with Crippen LogP contribution in [0.3, 0.4) is 0 Å². The summed E-state index contributed by atoms with van der Waals surface area (Å²) in [4.78, 5) is 15.9. The van der Waals surface area contributed by atoms with Crippen LogP contribution in [0.25, 0.3) is 21.8 Å². The number of methoxy groups -OCH3 is 1. The largest absolute Gasteiger partial charge is 0.494 e. The fraction of sp³-hybridized carbons (Fsp3) is 0.423. The quantitative estimate of drug-likeness (QED) is 0.443. The van der Waals surface area contributed by atoms with E-state index in [0.717, 1.165) is 48.0 Å². The molecule has 1 amide bonds. The maximum Gasteiger partial charge on any atom is 0.258 e. The third-order valence-corrected chi connectivity index (χ3v) is 6.91. The van der Waals surface area contributed by atoms with Crippen LogP contribution in [0.2, 0.25) is 0 Å². The molecule has 0 saturated carbocycles. The summed E-state index contributed by atoms with van der Waals surface area (Å²) in [5.74, 6) is 0.880. The summed E-state index contributed by atoms with van der Waals surface area (Å²) in [6.07, 6.45) is 5.01. The molecule has 2 aromatic heterocycles. The van der Waals surface area contributed by atoms with Crippen molar-refractivity contribution in [2.45, 2.75) is 26.3 Å². The van der Waals surface area contributed by atoms with E-state index in [4.69, 9.17) is 4.74 Å². The molecule has 2 N–H and O–H groups in total. The van der Waals surface area contributed by atoms with Crippen molar-refractivity contribution in [2.24, 2.45) is 20.0 Å². The lowest BCUT2D eigenvalue weighted by molar-refractivity contribution is 0.102. The third kappa shape index (κ3) is 4.32. The first-order valence-corrected chi connectivity index (χ1v) is 12.1. The van der Waals surface area contributed by atoms with Gasteiger partial charge in [0.15, 0.2) is 0 Å². The lowest BCUT2D eigenvalue weighted by atomic mass is 9.93. The number of benzene rings is 2. The van der Waals surface area contributed by atoms with E-state index in [9.17, 15) is 4.79 Å². The smallest absolute Gasteiger partial charge is 0.258 e. The molecule has 3 heterocycles. The summed E-state index contributed by atoms with van der Waals surface area (Å²) >= 11 is 0. The number of fused-ring (bicyclic) bond motifs is 2. The molecule has 0 aliphatic carbocycles. The molecule has 9 nitrogen and oxygen atoms in total. The number of rotatable bonds is 6. The van der Waals surface area contributed by atoms with Gasteiger partial charge in [-0.25, -0.2) is 0 Å². The number of aryl methyl sites for hydroxylation is 2. The summed E-state index contributed by atoms with van der Waals surface area (Å²) in [5.41, 5.74) is 3.77. The highest BCUT2D eigenvalue weighted by atomic mass is 16.5. The molecule has 4 aromatic rings. The standard InChI is InChI=1S/C26H33N7O2/c1-6-27-20-9-10-33(13-16(20)2)23-8-7-18(25-19(23)15-32(4)30-25)26(34)28-22-11-17-14-31(3)29-21(17)12-24(22)35-5/h7-8,11-12,14-16,20,27H,6,9-10,13H2,1-5H3,(H,28,34). The molecular weight excluding hydrogens is 442 g/mol. The van der Waals surface area contributed by atoms with Gasteiger partial charge in [-0.3, -0.25) is 14.2 Å². The van der Waals surface area contributed by atoms with Gasteiger partial charge in [0.05, 0.1) is 23.9 Å². The first-order valence-electron chi connectivity index (χ1n) is 12.1. The van der Waals surface area contributed by atoms with E-state index in [-0.39, 0.29) is 5.91 Å². The van der Waals surface area contributed by atoms with Crippen LogP contribution in [0, 0.1) is 5.92 Å². The van der Waals surface area contributed by atoms with Crippen LogP contribution >= 0.6 is 0 Å².